The highest BCUT2D eigenvalue weighted by atomic mass is 35.5. The number of nitrogens with zero attached hydrogens (tertiary/aromatic N) is 2. The summed E-state index contributed by atoms with van der Waals surface area (Å²) in [6.07, 6.45) is 5.06. The first-order valence-corrected chi connectivity index (χ1v) is 13.9. The first-order chi connectivity index (χ1) is 19.0. The lowest BCUT2D eigenvalue weighted by Crippen LogP contribution is -2.47. The molecule has 0 radical (unpaired) electrons. The number of H-pyrrole nitrogens is 1. The zero-order chi connectivity index (χ0) is 26.8. The fourth-order valence-corrected chi connectivity index (χ4v) is 5.69. The SMILES string of the molecule is Cl.O=C(NC1CCN(CCN2CCC(O)CC2)CC1)c1cc2c(OCc3coc4ccc(F)cc34)cccc2[nH]1. The third kappa shape index (κ3) is 6.44. The topological polar surface area (TPSA) is 94.0 Å². The Kier molecular flexibility index (Phi) is 8.95. The van der Waals surface area contributed by atoms with Crippen molar-refractivity contribution in [2.45, 2.75) is 44.4 Å². The Bertz CT molecular complexity index is 1440. The van der Waals surface area contributed by atoms with E-state index in [1.54, 1.807) is 12.3 Å². The molecular weight excluding hydrogens is 535 g/mol. The molecule has 2 aliphatic heterocycles. The van der Waals surface area contributed by atoms with E-state index in [0.29, 0.717) is 22.4 Å². The molecule has 2 saturated heterocycles. The first kappa shape index (κ1) is 28.4. The van der Waals surface area contributed by atoms with E-state index >= 15 is 0 Å². The predicted molar refractivity (Wildman–Crippen MR) is 155 cm³/mol. The third-order valence-electron chi connectivity index (χ3n) is 8.08. The van der Waals surface area contributed by atoms with E-state index in [1.807, 2.05) is 24.3 Å². The number of hydrogen-bond donors (Lipinski definition) is 3. The van der Waals surface area contributed by atoms with Crippen molar-refractivity contribution in [3.05, 3.63) is 65.8 Å². The number of rotatable bonds is 8. The summed E-state index contributed by atoms with van der Waals surface area (Å²) in [4.78, 5) is 21.2. The number of piperidine rings is 2. The summed E-state index contributed by atoms with van der Waals surface area (Å²) in [5.74, 6) is 0.210. The molecule has 0 spiro atoms. The highest BCUT2D eigenvalue weighted by molar-refractivity contribution is 5.99. The number of carbonyl (C=O) groups excluding carboxylic acids is 1. The van der Waals surface area contributed by atoms with E-state index < -0.39 is 0 Å². The van der Waals surface area contributed by atoms with E-state index in [9.17, 15) is 14.3 Å². The van der Waals surface area contributed by atoms with Gasteiger partial charge in [0.15, 0.2) is 0 Å². The van der Waals surface area contributed by atoms with Crippen molar-refractivity contribution in [3.8, 4) is 5.75 Å². The molecule has 2 fully saturated rings. The lowest BCUT2D eigenvalue weighted by Gasteiger charge is -2.35. The van der Waals surface area contributed by atoms with E-state index in [2.05, 4.69) is 20.1 Å². The van der Waals surface area contributed by atoms with Crippen LogP contribution in [-0.2, 0) is 6.61 Å². The molecule has 0 bridgehead atoms. The molecule has 0 saturated carbocycles. The van der Waals surface area contributed by atoms with Crippen LogP contribution < -0.4 is 10.1 Å². The zero-order valence-electron chi connectivity index (χ0n) is 22.4. The van der Waals surface area contributed by atoms with Crippen LogP contribution in [0.1, 0.15) is 41.7 Å². The van der Waals surface area contributed by atoms with Gasteiger partial charge in [0.25, 0.3) is 5.91 Å². The Balaban J connectivity index is 0.00000323. The number of aromatic amines is 1. The molecule has 6 rings (SSSR count). The van der Waals surface area contributed by atoms with Crippen LogP contribution in [0.25, 0.3) is 21.9 Å². The highest BCUT2D eigenvalue weighted by Gasteiger charge is 2.23. The monoisotopic (exact) mass is 570 g/mol. The minimum Gasteiger partial charge on any atom is -0.488 e. The van der Waals surface area contributed by atoms with Crippen molar-refractivity contribution in [2.75, 3.05) is 39.3 Å². The van der Waals surface area contributed by atoms with Crippen LogP contribution in [0.3, 0.4) is 0 Å². The summed E-state index contributed by atoms with van der Waals surface area (Å²) in [6, 6.07) is 12.1. The van der Waals surface area contributed by atoms with Gasteiger partial charge in [0.2, 0.25) is 0 Å². The number of fused-ring (bicyclic) bond motifs is 2. The summed E-state index contributed by atoms with van der Waals surface area (Å²) in [7, 11) is 0. The Morgan fingerprint density at radius 1 is 1.02 bits per heavy atom. The van der Waals surface area contributed by atoms with Gasteiger partial charge >= 0.3 is 0 Å². The minimum atomic E-state index is -0.321. The van der Waals surface area contributed by atoms with Gasteiger partial charge in [0, 0.05) is 67.2 Å². The van der Waals surface area contributed by atoms with Gasteiger partial charge in [-0.1, -0.05) is 6.07 Å². The number of amides is 1. The number of aliphatic hydroxyl groups is 1. The summed E-state index contributed by atoms with van der Waals surface area (Å²) in [5.41, 5.74) is 2.70. The number of benzene rings is 2. The van der Waals surface area contributed by atoms with Crippen LogP contribution in [0.4, 0.5) is 4.39 Å². The van der Waals surface area contributed by atoms with Gasteiger partial charge in [-0.05, 0) is 62.1 Å². The molecule has 40 heavy (non-hydrogen) atoms. The number of aliphatic hydroxyl groups excluding tert-OH is 1. The van der Waals surface area contributed by atoms with Gasteiger partial charge in [-0.25, -0.2) is 4.39 Å². The van der Waals surface area contributed by atoms with Crippen molar-refractivity contribution in [1.82, 2.24) is 20.1 Å². The Labute approximate surface area is 238 Å². The number of likely N-dealkylation sites (tertiary alicyclic amines) is 2. The van der Waals surface area contributed by atoms with Crippen molar-refractivity contribution in [1.29, 1.82) is 0 Å². The molecule has 2 aromatic heterocycles. The smallest absolute Gasteiger partial charge is 0.267 e. The largest absolute Gasteiger partial charge is 0.488 e. The normalized spacial score (nSPS) is 17.8. The lowest BCUT2D eigenvalue weighted by molar-refractivity contribution is 0.0729. The van der Waals surface area contributed by atoms with Gasteiger partial charge in [-0.2, -0.15) is 0 Å². The molecule has 214 valence electrons. The van der Waals surface area contributed by atoms with E-state index in [4.69, 9.17) is 9.15 Å². The van der Waals surface area contributed by atoms with Crippen molar-refractivity contribution >= 4 is 40.2 Å². The van der Waals surface area contributed by atoms with Crippen molar-refractivity contribution < 1.29 is 23.4 Å². The second kappa shape index (κ2) is 12.6. The minimum absolute atomic E-state index is 0. The van der Waals surface area contributed by atoms with E-state index in [1.165, 1.54) is 12.1 Å². The van der Waals surface area contributed by atoms with Gasteiger partial charge < -0.3 is 34.4 Å². The Morgan fingerprint density at radius 3 is 2.50 bits per heavy atom. The standard InChI is InChI=1S/C30H35FN4O4.ClH/c31-21-4-5-29-24(16-21)20(19-39-29)18-38-28-3-1-2-26-25(28)17-27(33-26)30(37)32-22-6-10-34(11-7-22)14-15-35-12-8-23(36)9-13-35;/h1-5,16-17,19,22-23,33,36H,6-15,18H2,(H,32,37);1H. The Morgan fingerprint density at radius 2 is 1.75 bits per heavy atom. The molecule has 0 aliphatic carbocycles. The summed E-state index contributed by atoms with van der Waals surface area (Å²) in [5, 5.41) is 14.4. The van der Waals surface area contributed by atoms with Gasteiger partial charge in [-0.3, -0.25) is 4.79 Å². The molecular formula is C30H36ClFN4O4. The second-order valence-electron chi connectivity index (χ2n) is 10.8. The number of nitrogens with one attached hydrogen (secondary N) is 2. The van der Waals surface area contributed by atoms with Crippen molar-refractivity contribution in [2.24, 2.45) is 0 Å². The molecule has 10 heteroatoms. The third-order valence-corrected chi connectivity index (χ3v) is 8.08. The average molecular weight is 571 g/mol. The van der Waals surface area contributed by atoms with Gasteiger partial charge in [0.05, 0.1) is 12.4 Å². The molecule has 3 N–H and O–H groups in total. The summed E-state index contributed by atoms with van der Waals surface area (Å²) < 4.78 is 25.3. The highest BCUT2D eigenvalue weighted by Crippen LogP contribution is 2.29. The van der Waals surface area contributed by atoms with Crippen LogP contribution in [0, 0.1) is 5.82 Å². The van der Waals surface area contributed by atoms with Crippen LogP contribution in [0.15, 0.2) is 53.1 Å². The predicted octanol–water partition coefficient (Wildman–Crippen LogP) is 4.70. The maximum Gasteiger partial charge on any atom is 0.267 e. The first-order valence-electron chi connectivity index (χ1n) is 13.9. The number of halogens is 2. The van der Waals surface area contributed by atoms with Crippen LogP contribution in [0.5, 0.6) is 5.75 Å². The quantitative estimate of drug-likeness (QED) is 0.284. The van der Waals surface area contributed by atoms with Gasteiger partial charge in [-0.15, -0.1) is 12.4 Å². The fourth-order valence-electron chi connectivity index (χ4n) is 5.69. The van der Waals surface area contributed by atoms with Gasteiger partial charge in [0.1, 0.15) is 29.5 Å². The number of ether oxygens (including phenoxy) is 1. The number of hydrogen-bond acceptors (Lipinski definition) is 6. The molecule has 8 nitrogen and oxygen atoms in total. The Hall–Kier alpha value is -3.11. The number of carbonyl (C=O) groups is 1. The lowest BCUT2D eigenvalue weighted by atomic mass is 10.0. The molecule has 0 unspecified atom stereocenters. The maximum atomic E-state index is 13.7. The molecule has 1 amide bonds. The van der Waals surface area contributed by atoms with Crippen LogP contribution in [0.2, 0.25) is 0 Å². The van der Waals surface area contributed by atoms with Crippen molar-refractivity contribution in [3.63, 3.8) is 0 Å². The fraction of sp³-hybridized carbons (Fsp3) is 0.433. The van der Waals surface area contributed by atoms with E-state index in [-0.39, 0.29) is 42.9 Å². The summed E-state index contributed by atoms with van der Waals surface area (Å²) >= 11 is 0. The van der Waals surface area contributed by atoms with E-state index in [0.717, 1.165) is 81.4 Å². The molecule has 0 atom stereocenters. The maximum absolute atomic E-state index is 13.7. The number of furan rings is 1. The zero-order valence-corrected chi connectivity index (χ0v) is 23.2. The number of aromatic nitrogens is 1. The van der Waals surface area contributed by atoms with Crippen LogP contribution in [-0.4, -0.2) is 77.2 Å². The molecule has 2 aliphatic rings. The summed E-state index contributed by atoms with van der Waals surface area (Å²) in [6.45, 7) is 6.19. The molecule has 4 aromatic rings. The van der Waals surface area contributed by atoms with Crippen LogP contribution >= 0.6 is 12.4 Å². The molecule has 2 aromatic carbocycles. The second-order valence-corrected chi connectivity index (χ2v) is 10.8. The average Bonchev–Trinajstić information content (AvgIpc) is 3.57. The molecule has 4 heterocycles.